The molecule has 1 N–H and O–H groups in total. The average Bonchev–Trinajstić information content (AvgIpc) is 2.72. The van der Waals surface area contributed by atoms with Crippen LogP contribution in [0.25, 0.3) is 0 Å². The van der Waals surface area contributed by atoms with E-state index < -0.39 is 0 Å². The Balaban J connectivity index is 2.22. The zero-order chi connectivity index (χ0) is 14.4. The maximum atomic E-state index is 12.0. The Kier molecular flexibility index (Phi) is 5.71. The SMILES string of the molecule is CCSC1CCCCN(c2ncccc2C(=O)NC)C1. The van der Waals surface area contributed by atoms with Gasteiger partial charge in [0.05, 0.1) is 5.56 Å². The first-order valence-electron chi connectivity index (χ1n) is 7.30. The molecule has 1 amide bonds. The molecule has 110 valence electrons. The second-order valence-corrected chi connectivity index (χ2v) is 6.55. The molecule has 0 aromatic carbocycles. The lowest BCUT2D eigenvalue weighted by Gasteiger charge is -2.26. The van der Waals surface area contributed by atoms with Gasteiger partial charge in [0.25, 0.3) is 5.91 Å². The molecule has 0 bridgehead atoms. The molecular formula is C15H23N3OS. The molecule has 1 aromatic heterocycles. The number of hydrogen-bond donors (Lipinski definition) is 1. The summed E-state index contributed by atoms with van der Waals surface area (Å²) in [5, 5.41) is 3.34. The van der Waals surface area contributed by atoms with Gasteiger partial charge in [-0.2, -0.15) is 11.8 Å². The van der Waals surface area contributed by atoms with Gasteiger partial charge in [-0.1, -0.05) is 13.3 Å². The molecule has 4 nitrogen and oxygen atoms in total. The zero-order valence-electron chi connectivity index (χ0n) is 12.3. The summed E-state index contributed by atoms with van der Waals surface area (Å²) in [7, 11) is 1.66. The Labute approximate surface area is 125 Å². The number of nitrogens with zero attached hydrogens (tertiary/aromatic N) is 2. The fraction of sp³-hybridized carbons (Fsp3) is 0.600. The van der Waals surface area contributed by atoms with Crippen molar-refractivity contribution in [1.82, 2.24) is 10.3 Å². The number of anilines is 1. The van der Waals surface area contributed by atoms with Gasteiger partial charge in [-0.05, 0) is 30.7 Å². The van der Waals surface area contributed by atoms with E-state index in [1.54, 1.807) is 13.2 Å². The van der Waals surface area contributed by atoms with Crippen LogP contribution in [0.3, 0.4) is 0 Å². The Morgan fingerprint density at radius 3 is 3.15 bits per heavy atom. The minimum Gasteiger partial charge on any atom is -0.355 e. The quantitative estimate of drug-likeness (QED) is 0.926. The molecule has 1 aliphatic rings. The molecule has 1 fully saturated rings. The topological polar surface area (TPSA) is 45.2 Å². The summed E-state index contributed by atoms with van der Waals surface area (Å²) in [5.41, 5.74) is 0.678. The molecule has 1 unspecified atom stereocenters. The highest BCUT2D eigenvalue weighted by atomic mass is 32.2. The highest BCUT2D eigenvalue weighted by molar-refractivity contribution is 7.99. The first-order chi connectivity index (χ1) is 9.76. The van der Waals surface area contributed by atoms with Crippen molar-refractivity contribution in [1.29, 1.82) is 0 Å². The lowest BCUT2D eigenvalue weighted by Crippen LogP contribution is -2.33. The maximum absolute atomic E-state index is 12.0. The van der Waals surface area contributed by atoms with Crippen molar-refractivity contribution in [3.05, 3.63) is 23.9 Å². The summed E-state index contributed by atoms with van der Waals surface area (Å²) in [6.07, 6.45) is 5.46. The number of carbonyl (C=O) groups excluding carboxylic acids is 1. The van der Waals surface area contributed by atoms with Crippen LogP contribution in [0, 0.1) is 0 Å². The number of pyridine rings is 1. The van der Waals surface area contributed by atoms with Gasteiger partial charge in [0, 0.05) is 31.6 Å². The second kappa shape index (κ2) is 7.53. The normalized spacial score (nSPS) is 19.5. The van der Waals surface area contributed by atoms with Crippen LogP contribution in [0.1, 0.15) is 36.5 Å². The van der Waals surface area contributed by atoms with E-state index in [0.717, 1.165) is 24.7 Å². The van der Waals surface area contributed by atoms with E-state index in [1.165, 1.54) is 19.3 Å². The predicted octanol–water partition coefficient (Wildman–Crippen LogP) is 2.55. The third-order valence-corrected chi connectivity index (χ3v) is 4.78. The van der Waals surface area contributed by atoms with Crippen LogP contribution in [-0.2, 0) is 0 Å². The van der Waals surface area contributed by atoms with E-state index in [-0.39, 0.29) is 5.91 Å². The van der Waals surface area contributed by atoms with Gasteiger partial charge in [-0.25, -0.2) is 4.98 Å². The summed E-state index contributed by atoms with van der Waals surface area (Å²) in [6, 6.07) is 3.68. The van der Waals surface area contributed by atoms with Gasteiger partial charge in [0.2, 0.25) is 0 Å². The highest BCUT2D eigenvalue weighted by Crippen LogP contribution is 2.26. The van der Waals surface area contributed by atoms with E-state index in [4.69, 9.17) is 0 Å². The number of amides is 1. The highest BCUT2D eigenvalue weighted by Gasteiger charge is 2.22. The van der Waals surface area contributed by atoms with Crippen LogP contribution in [0.5, 0.6) is 0 Å². The Morgan fingerprint density at radius 2 is 2.40 bits per heavy atom. The van der Waals surface area contributed by atoms with Gasteiger partial charge in [-0.15, -0.1) is 0 Å². The third-order valence-electron chi connectivity index (χ3n) is 3.59. The molecule has 0 radical (unpaired) electrons. The fourth-order valence-corrected chi connectivity index (χ4v) is 3.72. The van der Waals surface area contributed by atoms with Crippen LogP contribution in [-0.4, -0.2) is 42.0 Å². The largest absolute Gasteiger partial charge is 0.355 e. The van der Waals surface area contributed by atoms with Gasteiger partial charge in [0.15, 0.2) is 0 Å². The van der Waals surface area contributed by atoms with Crippen LogP contribution >= 0.6 is 11.8 Å². The summed E-state index contributed by atoms with van der Waals surface area (Å²) in [5.74, 6) is 1.91. The minimum atomic E-state index is -0.0583. The molecule has 0 aliphatic carbocycles. The molecule has 1 aromatic rings. The first-order valence-corrected chi connectivity index (χ1v) is 8.34. The molecule has 0 spiro atoms. The zero-order valence-corrected chi connectivity index (χ0v) is 13.1. The number of carbonyl (C=O) groups is 1. The number of nitrogens with one attached hydrogen (secondary N) is 1. The maximum Gasteiger partial charge on any atom is 0.254 e. The first kappa shape index (κ1) is 15.2. The molecule has 1 atom stereocenters. The average molecular weight is 293 g/mol. The Morgan fingerprint density at radius 1 is 1.55 bits per heavy atom. The van der Waals surface area contributed by atoms with E-state index in [1.807, 2.05) is 23.9 Å². The van der Waals surface area contributed by atoms with Crippen LogP contribution in [0.4, 0.5) is 5.82 Å². The number of rotatable bonds is 4. The number of hydrogen-bond acceptors (Lipinski definition) is 4. The minimum absolute atomic E-state index is 0.0583. The molecule has 1 saturated heterocycles. The standard InChI is InChI=1S/C15H23N3OS/c1-3-20-12-7-4-5-10-18(11-12)14-13(15(19)16-2)8-6-9-17-14/h6,8-9,12H,3-5,7,10-11H2,1-2H3,(H,16,19). The summed E-state index contributed by atoms with van der Waals surface area (Å²) >= 11 is 2.01. The lowest BCUT2D eigenvalue weighted by molar-refractivity contribution is 0.0963. The lowest BCUT2D eigenvalue weighted by atomic mass is 10.2. The predicted molar refractivity (Wildman–Crippen MR) is 85.6 cm³/mol. The monoisotopic (exact) mass is 293 g/mol. The van der Waals surface area contributed by atoms with Crippen molar-refractivity contribution >= 4 is 23.5 Å². The van der Waals surface area contributed by atoms with Crippen molar-refractivity contribution in [2.45, 2.75) is 31.4 Å². The van der Waals surface area contributed by atoms with Crippen molar-refractivity contribution in [2.75, 3.05) is 30.8 Å². The summed E-state index contributed by atoms with van der Waals surface area (Å²) in [6.45, 7) is 4.18. The molecule has 2 rings (SSSR count). The van der Waals surface area contributed by atoms with E-state index >= 15 is 0 Å². The van der Waals surface area contributed by atoms with Crippen LogP contribution < -0.4 is 10.2 Å². The van der Waals surface area contributed by atoms with Gasteiger partial charge in [0.1, 0.15) is 5.82 Å². The Bertz CT molecular complexity index is 452. The molecule has 2 heterocycles. The summed E-state index contributed by atoms with van der Waals surface area (Å²) in [4.78, 5) is 18.7. The second-order valence-electron chi connectivity index (χ2n) is 4.97. The van der Waals surface area contributed by atoms with Crippen LogP contribution in [0.2, 0.25) is 0 Å². The van der Waals surface area contributed by atoms with Crippen molar-refractivity contribution in [2.24, 2.45) is 0 Å². The van der Waals surface area contributed by atoms with Crippen LogP contribution in [0.15, 0.2) is 18.3 Å². The van der Waals surface area contributed by atoms with Gasteiger partial charge in [-0.3, -0.25) is 4.79 Å². The molecule has 5 heteroatoms. The molecule has 20 heavy (non-hydrogen) atoms. The van der Waals surface area contributed by atoms with E-state index in [0.29, 0.717) is 10.8 Å². The molecular weight excluding hydrogens is 270 g/mol. The van der Waals surface area contributed by atoms with Gasteiger partial charge < -0.3 is 10.2 Å². The fourth-order valence-electron chi connectivity index (χ4n) is 2.63. The molecule has 0 saturated carbocycles. The summed E-state index contributed by atoms with van der Waals surface area (Å²) < 4.78 is 0. The van der Waals surface area contributed by atoms with Crippen molar-refractivity contribution in [3.63, 3.8) is 0 Å². The van der Waals surface area contributed by atoms with Gasteiger partial charge >= 0.3 is 0 Å². The van der Waals surface area contributed by atoms with E-state index in [2.05, 4.69) is 22.1 Å². The van der Waals surface area contributed by atoms with Crippen molar-refractivity contribution < 1.29 is 4.79 Å². The molecule has 1 aliphatic heterocycles. The Hall–Kier alpha value is -1.23. The smallest absolute Gasteiger partial charge is 0.254 e. The van der Waals surface area contributed by atoms with Crippen molar-refractivity contribution in [3.8, 4) is 0 Å². The third kappa shape index (κ3) is 3.66. The van der Waals surface area contributed by atoms with E-state index in [9.17, 15) is 4.79 Å². The number of aromatic nitrogens is 1. The number of thioether (sulfide) groups is 1.